The van der Waals surface area contributed by atoms with Crippen LogP contribution in [0.25, 0.3) is 0 Å². The van der Waals surface area contributed by atoms with E-state index in [0.29, 0.717) is 0 Å². The molecule has 10 nitrogen and oxygen atoms in total. The van der Waals surface area contributed by atoms with Crippen LogP contribution >= 0.6 is 7.82 Å². The molecule has 102 valence electrons. The molecule has 0 unspecified atom stereocenters. The van der Waals surface area contributed by atoms with E-state index in [1.165, 1.54) is 0 Å². The number of carbonyl (C=O) groups is 3. The molecule has 0 rings (SSSR count). The molecule has 0 heterocycles. The number of hydrogen-bond donors (Lipinski definition) is 5. The molecule has 0 saturated heterocycles. The Kier molecular flexibility index (Phi) is 12.2. The van der Waals surface area contributed by atoms with Crippen molar-refractivity contribution in [3.8, 4) is 0 Å². The molecule has 0 aromatic carbocycles. The van der Waals surface area contributed by atoms with Crippen LogP contribution in [0.2, 0.25) is 0 Å². The third kappa shape index (κ3) is 9.97. The van der Waals surface area contributed by atoms with Crippen molar-refractivity contribution in [2.24, 2.45) is 0 Å². The fraction of sp³-hybridized carbons (Fsp3) is 0.500. The predicted molar refractivity (Wildman–Crippen MR) is 62.3 cm³/mol. The molecule has 0 fully saturated rings. The molecule has 0 aliphatic heterocycles. The van der Waals surface area contributed by atoms with Crippen LogP contribution in [-0.2, 0) is 23.5 Å². The van der Waals surface area contributed by atoms with E-state index in [-0.39, 0.29) is 59.1 Å². The number of phosphoric acid groups is 1. The molecule has 0 aliphatic rings. The van der Waals surface area contributed by atoms with Gasteiger partial charge in [0, 0.05) is 0 Å². The van der Waals surface area contributed by atoms with Crippen molar-refractivity contribution in [2.75, 3.05) is 0 Å². The van der Waals surface area contributed by atoms with Gasteiger partial charge in [-0.25, -0.2) is 9.36 Å². The van der Waals surface area contributed by atoms with Crippen molar-refractivity contribution in [2.45, 2.75) is 18.4 Å². The van der Waals surface area contributed by atoms with E-state index < -0.39 is 44.2 Å². The maximum atomic E-state index is 10.8. The van der Waals surface area contributed by atoms with Crippen molar-refractivity contribution in [1.29, 1.82) is 0 Å². The molecule has 0 spiro atoms. The third-order valence-electron chi connectivity index (χ3n) is 1.56. The van der Waals surface area contributed by atoms with Crippen molar-refractivity contribution >= 4 is 84.8 Å². The third-order valence-corrected chi connectivity index (χ3v) is 2.14. The Bertz CT molecular complexity index is 373. The van der Waals surface area contributed by atoms with Crippen molar-refractivity contribution < 1.29 is 48.6 Å². The van der Waals surface area contributed by atoms with Crippen LogP contribution in [-0.4, -0.2) is 108 Å². The second kappa shape index (κ2) is 9.46. The zero-order valence-electron chi connectivity index (χ0n) is 8.14. The standard InChI is InChI=1S/C6H9O10P.2Na.2H/c7-3(8)1-6(5(11)12,2-4(9)10)16-17(13,14)15;;;;/h1-2H2,(H,7,8)(H,9,10)(H,11,12)(H2,13,14,15);;;;. The van der Waals surface area contributed by atoms with Crippen LogP contribution in [0.15, 0.2) is 0 Å². The van der Waals surface area contributed by atoms with Gasteiger partial charge in [0.25, 0.3) is 0 Å². The molecule has 0 amide bonds. The summed E-state index contributed by atoms with van der Waals surface area (Å²) in [6.07, 6.45) is -2.81. The molecule has 13 heteroatoms. The van der Waals surface area contributed by atoms with Crippen LogP contribution in [0, 0.1) is 0 Å². The molecule has 0 atom stereocenters. The van der Waals surface area contributed by atoms with Gasteiger partial charge >= 0.3 is 84.8 Å². The van der Waals surface area contributed by atoms with Gasteiger partial charge < -0.3 is 25.1 Å². The second-order valence-corrected chi connectivity index (χ2v) is 4.19. The van der Waals surface area contributed by atoms with Gasteiger partial charge in [0.05, 0.1) is 12.8 Å². The van der Waals surface area contributed by atoms with Gasteiger partial charge in [0.2, 0.25) is 0 Å². The predicted octanol–water partition coefficient (Wildman–Crippen LogP) is -2.43. The summed E-state index contributed by atoms with van der Waals surface area (Å²) in [6, 6.07) is 0. The van der Waals surface area contributed by atoms with E-state index in [0.717, 1.165) is 0 Å². The summed E-state index contributed by atoms with van der Waals surface area (Å²) in [4.78, 5) is 48.5. The minimum absolute atomic E-state index is 0. The molecule has 0 saturated carbocycles. The van der Waals surface area contributed by atoms with Gasteiger partial charge in [-0.2, -0.15) is 0 Å². The normalized spacial score (nSPS) is 10.8. The van der Waals surface area contributed by atoms with Crippen LogP contribution in [0.1, 0.15) is 12.8 Å². The first kappa shape index (κ1) is 24.5. The molecule has 19 heavy (non-hydrogen) atoms. The van der Waals surface area contributed by atoms with Gasteiger partial charge in [-0.15, -0.1) is 0 Å². The Morgan fingerprint density at radius 3 is 1.42 bits per heavy atom. The first-order valence-corrected chi connectivity index (χ1v) is 5.45. The van der Waals surface area contributed by atoms with Gasteiger partial charge in [-0.1, -0.05) is 0 Å². The number of carboxylic acid groups (broad SMARTS) is 3. The average molecular weight is 320 g/mol. The van der Waals surface area contributed by atoms with Gasteiger partial charge in [-0.05, 0) is 0 Å². The first-order chi connectivity index (χ1) is 7.48. The molecular weight excluding hydrogens is 309 g/mol. The van der Waals surface area contributed by atoms with E-state index in [1.807, 2.05) is 0 Å². The van der Waals surface area contributed by atoms with Crippen LogP contribution < -0.4 is 0 Å². The van der Waals surface area contributed by atoms with E-state index in [9.17, 15) is 18.9 Å². The van der Waals surface area contributed by atoms with Crippen LogP contribution in [0.4, 0.5) is 0 Å². The Balaban J connectivity index is -0.00000128. The topological polar surface area (TPSA) is 179 Å². The molecule has 0 radical (unpaired) electrons. The number of rotatable bonds is 7. The summed E-state index contributed by atoms with van der Waals surface area (Å²) in [5.74, 6) is -5.64. The number of phosphoric ester groups is 1. The monoisotopic (exact) mass is 320 g/mol. The van der Waals surface area contributed by atoms with E-state index in [1.54, 1.807) is 0 Å². The van der Waals surface area contributed by atoms with Gasteiger partial charge in [0.15, 0.2) is 5.60 Å². The summed E-state index contributed by atoms with van der Waals surface area (Å²) < 4.78 is 14.4. The van der Waals surface area contributed by atoms with E-state index >= 15 is 0 Å². The first-order valence-electron chi connectivity index (χ1n) is 3.92. The number of carboxylic acids is 3. The average Bonchev–Trinajstić information content (AvgIpc) is 1.96. The fourth-order valence-electron chi connectivity index (χ4n) is 1.03. The van der Waals surface area contributed by atoms with Crippen molar-refractivity contribution in [3.05, 3.63) is 0 Å². The number of aliphatic carboxylic acids is 3. The van der Waals surface area contributed by atoms with E-state index in [2.05, 4.69) is 4.52 Å². The second-order valence-electron chi connectivity index (χ2n) is 3.02. The quantitative estimate of drug-likeness (QED) is 0.250. The molecule has 0 aromatic rings. The summed E-state index contributed by atoms with van der Waals surface area (Å²) in [7, 11) is -5.36. The van der Waals surface area contributed by atoms with E-state index in [4.69, 9.17) is 25.1 Å². The molecule has 0 bridgehead atoms. The van der Waals surface area contributed by atoms with Crippen LogP contribution in [0.3, 0.4) is 0 Å². The summed E-state index contributed by atoms with van der Waals surface area (Å²) in [6.45, 7) is 0. The Labute approximate surface area is 151 Å². The van der Waals surface area contributed by atoms with Gasteiger partial charge in [0.1, 0.15) is 0 Å². The summed E-state index contributed by atoms with van der Waals surface area (Å²) in [5, 5.41) is 25.5. The van der Waals surface area contributed by atoms with Crippen molar-refractivity contribution in [3.63, 3.8) is 0 Å². The Morgan fingerprint density at radius 2 is 1.26 bits per heavy atom. The zero-order valence-corrected chi connectivity index (χ0v) is 9.03. The minimum atomic E-state index is -5.36. The van der Waals surface area contributed by atoms with Crippen LogP contribution in [0.5, 0.6) is 0 Å². The van der Waals surface area contributed by atoms with Gasteiger partial charge in [-0.3, -0.25) is 14.1 Å². The molecule has 0 aromatic heterocycles. The summed E-state index contributed by atoms with van der Waals surface area (Å²) >= 11 is 0. The zero-order chi connectivity index (χ0) is 13.9. The Morgan fingerprint density at radius 1 is 0.947 bits per heavy atom. The fourth-order valence-corrected chi connectivity index (χ4v) is 1.70. The maximum absolute atomic E-state index is 10.8. The Hall–Kier alpha value is 0.520. The molecule has 0 aliphatic carbocycles. The van der Waals surface area contributed by atoms with Crippen molar-refractivity contribution in [1.82, 2.24) is 0 Å². The SMILES string of the molecule is O=C(O)CC(CC(=O)O)(OP(=O)(O)O)C(=O)O.[NaH].[NaH]. The molecule has 5 N–H and O–H groups in total. The number of hydrogen-bond acceptors (Lipinski definition) is 5. The molecular formula is C6H11Na2O10P. The summed E-state index contributed by atoms with van der Waals surface area (Å²) in [5.41, 5.74) is -3.02.